The molecule has 9 heteroatoms. The van der Waals surface area contributed by atoms with Crippen LogP contribution in [0.1, 0.15) is 27.6 Å². The highest BCUT2D eigenvalue weighted by Crippen LogP contribution is 2.42. The second-order valence-corrected chi connectivity index (χ2v) is 9.33. The van der Waals surface area contributed by atoms with E-state index >= 15 is 0 Å². The van der Waals surface area contributed by atoms with Gasteiger partial charge in [-0.25, -0.2) is 4.39 Å². The van der Waals surface area contributed by atoms with E-state index in [0.717, 1.165) is 39.3 Å². The quantitative estimate of drug-likeness (QED) is 0.586. The van der Waals surface area contributed by atoms with Crippen LogP contribution in [0, 0.1) is 5.82 Å². The monoisotopic (exact) mass is 490 g/mol. The van der Waals surface area contributed by atoms with Gasteiger partial charge in [0.1, 0.15) is 12.4 Å². The molecule has 0 radical (unpaired) electrons. The Bertz CT molecular complexity index is 1100. The fourth-order valence-electron chi connectivity index (χ4n) is 4.17. The summed E-state index contributed by atoms with van der Waals surface area (Å²) in [5, 5.41) is 11.6. The largest absolute Gasteiger partial charge is 0.481 e. The van der Waals surface area contributed by atoms with Gasteiger partial charge < -0.3 is 15.4 Å². The molecular formula is C21H20BrFN4O2S. The van der Waals surface area contributed by atoms with Crippen molar-refractivity contribution in [2.24, 2.45) is 0 Å². The lowest BCUT2D eigenvalue weighted by atomic mass is 9.86. The van der Waals surface area contributed by atoms with Crippen molar-refractivity contribution in [2.75, 3.05) is 19.7 Å². The van der Waals surface area contributed by atoms with Gasteiger partial charge >= 0.3 is 0 Å². The molecule has 2 aliphatic heterocycles. The SMILES string of the molecule is O=C(N[C@@H]1CNCC[C@H]1c1cccc(F)c1)c1cc2c(s1)OCCn1ncc(Br)c1-2. The van der Waals surface area contributed by atoms with Gasteiger partial charge in [0.25, 0.3) is 5.91 Å². The fraction of sp³-hybridized carbons (Fsp3) is 0.333. The summed E-state index contributed by atoms with van der Waals surface area (Å²) in [5.74, 6) is -0.332. The number of fused-ring (bicyclic) bond motifs is 3. The Kier molecular flexibility index (Phi) is 5.34. The third-order valence-electron chi connectivity index (χ3n) is 5.58. The maximum absolute atomic E-state index is 13.7. The van der Waals surface area contributed by atoms with E-state index in [1.54, 1.807) is 18.3 Å². The van der Waals surface area contributed by atoms with Crippen molar-refractivity contribution in [1.29, 1.82) is 0 Å². The summed E-state index contributed by atoms with van der Waals surface area (Å²) in [7, 11) is 0. The molecule has 1 aromatic carbocycles. The van der Waals surface area contributed by atoms with Gasteiger partial charge in [0, 0.05) is 18.5 Å². The smallest absolute Gasteiger partial charge is 0.261 e. The van der Waals surface area contributed by atoms with Gasteiger partial charge in [-0.3, -0.25) is 9.48 Å². The van der Waals surface area contributed by atoms with E-state index in [0.29, 0.717) is 24.6 Å². The molecule has 2 atom stereocenters. The van der Waals surface area contributed by atoms with Crippen molar-refractivity contribution < 1.29 is 13.9 Å². The lowest BCUT2D eigenvalue weighted by molar-refractivity contribution is 0.0928. The molecule has 0 unspecified atom stereocenters. The highest BCUT2D eigenvalue weighted by atomic mass is 79.9. The maximum atomic E-state index is 13.7. The van der Waals surface area contributed by atoms with Crippen molar-refractivity contribution in [2.45, 2.75) is 24.9 Å². The van der Waals surface area contributed by atoms with E-state index in [9.17, 15) is 9.18 Å². The molecule has 156 valence electrons. The average Bonchev–Trinajstić information content (AvgIpc) is 3.27. The van der Waals surface area contributed by atoms with Gasteiger partial charge in [-0.1, -0.05) is 23.5 Å². The zero-order chi connectivity index (χ0) is 20.7. The Hall–Kier alpha value is -2.23. The van der Waals surface area contributed by atoms with Crippen LogP contribution in [-0.4, -0.2) is 41.4 Å². The number of nitrogens with one attached hydrogen (secondary N) is 2. The highest BCUT2D eigenvalue weighted by Gasteiger charge is 2.30. The average molecular weight is 491 g/mol. The number of carbonyl (C=O) groups is 1. The molecule has 0 aliphatic carbocycles. The van der Waals surface area contributed by atoms with Crippen molar-refractivity contribution in [1.82, 2.24) is 20.4 Å². The number of nitrogens with zero attached hydrogens (tertiary/aromatic N) is 2. The van der Waals surface area contributed by atoms with Crippen molar-refractivity contribution in [3.8, 4) is 16.3 Å². The number of aromatic nitrogens is 2. The standard InChI is InChI=1S/C21H20BrFN4O2S/c22-16-10-25-27-6-7-29-21-15(19(16)27)9-18(30-21)20(28)26-17-11-24-5-4-14(17)12-2-1-3-13(23)8-12/h1-3,8-10,14,17,24H,4-7,11H2,(H,26,28)/t14-,17+/m0/s1. The molecule has 1 saturated heterocycles. The minimum absolute atomic E-state index is 0.0653. The van der Waals surface area contributed by atoms with E-state index in [1.807, 2.05) is 16.8 Å². The summed E-state index contributed by atoms with van der Waals surface area (Å²) in [4.78, 5) is 13.7. The van der Waals surface area contributed by atoms with Crippen LogP contribution in [0.3, 0.4) is 0 Å². The lowest BCUT2D eigenvalue weighted by Gasteiger charge is -2.33. The molecule has 2 aromatic heterocycles. The molecule has 0 bridgehead atoms. The Balaban J connectivity index is 1.40. The minimum atomic E-state index is -0.252. The summed E-state index contributed by atoms with van der Waals surface area (Å²) in [6, 6.07) is 8.41. The molecule has 1 amide bonds. The van der Waals surface area contributed by atoms with Crippen LogP contribution < -0.4 is 15.4 Å². The fourth-order valence-corrected chi connectivity index (χ4v) is 5.61. The summed E-state index contributed by atoms with van der Waals surface area (Å²) in [6.45, 7) is 2.65. The minimum Gasteiger partial charge on any atom is -0.481 e. The van der Waals surface area contributed by atoms with E-state index in [1.165, 1.54) is 17.4 Å². The Labute approximate surface area is 185 Å². The number of benzene rings is 1. The van der Waals surface area contributed by atoms with Gasteiger partial charge in [0.2, 0.25) is 0 Å². The topological polar surface area (TPSA) is 68.2 Å². The number of hydrogen-bond acceptors (Lipinski definition) is 5. The van der Waals surface area contributed by atoms with Crippen LogP contribution in [-0.2, 0) is 6.54 Å². The van der Waals surface area contributed by atoms with E-state index in [-0.39, 0.29) is 23.7 Å². The number of hydrogen-bond donors (Lipinski definition) is 2. The number of halogens is 2. The van der Waals surface area contributed by atoms with Crippen molar-refractivity contribution in [3.05, 3.63) is 57.3 Å². The number of thiophene rings is 1. The van der Waals surface area contributed by atoms with Crippen molar-refractivity contribution in [3.63, 3.8) is 0 Å². The molecule has 2 N–H and O–H groups in total. The number of amides is 1. The first kappa shape index (κ1) is 19.7. The molecule has 3 aromatic rings. The normalized spacial score (nSPS) is 20.6. The molecule has 1 fully saturated rings. The van der Waals surface area contributed by atoms with Gasteiger partial charge in [0.15, 0.2) is 5.06 Å². The van der Waals surface area contributed by atoms with Crippen LogP contribution in [0.2, 0.25) is 0 Å². The third kappa shape index (κ3) is 3.66. The summed E-state index contributed by atoms with van der Waals surface area (Å²) < 4.78 is 22.4. The molecule has 0 saturated carbocycles. The summed E-state index contributed by atoms with van der Waals surface area (Å²) in [5.41, 5.74) is 2.71. The van der Waals surface area contributed by atoms with Gasteiger partial charge in [-0.15, -0.1) is 0 Å². The van der Waals surface area contributed by atoms with Crippen molar-refractivity contribution >= 4 is 33.2 Å². The Morgan fingerprint density at radius 2 is 2.30 bits per heavy atom. The number of rotatable bonds is 3. The van der Waals surface area contributed by atoms with Gasteiger partial charge in [0.05, 0.1) is 33.3 Å². The van der Waals surface area contributed by atoms with E-state index in [2.05, 4.69) is 31.7 Å². The van der Waals surface area contributed by atoms with E-state index < -0.39 is 0 Å². The zero-order valence-electron chi connectivity index (χ0n) is 16.0. The second kappa shape index (κ2) is 8.13. The first-order valence-corrected chi connectivity index (χ1v) is 11.5. The first-order chi connectivity index (χ1) is 14.6. The predicted molar refractivity (Wildman–Crippen MR) is 117 cm³/mol. The molecule has 6 nitrogen and oxygen atoms in total. The van der Waals surface area contributed by atoms with Crippen LogP contribution in [0.15, 0.2) is 41.0 Å². The zero-order valence-corrected chi connectivity index (χ0v) is 18.4. The van der Waals surface area contributed by atoms with Crippen LogP contribution in [0.5, 0.6) is 5.06 Å². The highest BCUT2D eigenvalue weighted by molar-refractivity contribution is 9.10. The molecule has 4 heterocycles. The number of ether oxygens (including phenoxy) is 1. The molecule has 5 rings (SSSR count). The molecule has 30 heavy (non-hydrogen) atoms. The van der Waals surface area contributed by atoms with Crippen LogP contribution >= 0.6 is 27.3 Å². The molecule has 0 spiro atoms. The number of carbonyl (C=O) groups excluding carboxylic acids is 1. The Morgan fingerprint density at radius 1 is 1.40 bits per heavy atom. The number of piperidine rings is 1. The summed E-state index contributed by atoms with van der Waals surface area (Å²) in [6.07, 6.45) is 2.60. The predicted octanol–water partition coefficient (Wildman–Crippen LogP) is 3.78. The van der Waals surface area contributed by atoms with Crippen LogP contribution in [0.4, 0.5) is 4.39 Å². The molecular weight excluding hydrogens is 471 g/mol. The van der Waals surface area contributed by atoms with Gasteiger partial charge in [-0.05, 0) is 52.7 Å². The third-order valence-corrected chi connectivity index (χ3v) is 7.21. The van der Waals surface area contributed by atoms with E-state index in [4.69, 9.17) is 4.74 Å². The lowest BCUT2D eigenvalue weighted by Crippen LogP contribution is -2.49. The Morgan fingerprint density at radius 3 is 3.17 bits per heavy atom. The van der Waals surface area contributed by atoms with Gasteiger partial charge in [-0.2, -0.15) is 5.10 Å². The second-order valence-electron chi connectivity index (χ2n) is 7.46. The molecule has 2 aliphatic rings. The summed E-state index contributed by atoms with van der Waals surface area (Å²) >= 11 is 4.89. The maximum Gasteiger partial charge on any atom is 0.261 e. The first-order valence-electron chi connectivity index (χ1n) is 9.85. The van der Waals surface area contributed by atoms with Crippen LogP contribution in [0.25, 0.3) is 11.3 Å².